The smallest absolute Gasteiger partial charge is 0.410 e. The second-order valence-electron chi connectivity index (χ2n) is 13.8. The highest BCUT2D eigenvalue weighted by molar-refractivity contribution is 5.97. The Morgan fingerprint density at radius 3 is 2.49 bits per heavy atom. The van der Waals surface area contributed by atoms with Crippen molar-refractivity contribution in [3.8, 4) is 0 Å². The lowest BCUT2D eigenvalue weighted by Gasteiger charge is -2.47. The summed E-state index contributed by atoms with van der Waals surface area (Å²) in [4.78, 5) is 40.3. The van der Waals surface area contributed by atoms with Crippen LogP contribution in [-0.2, 0) is 26.1 Å². The molecular formula is C33H46FN5O4. The SMILES string of the molecule is C[C@@H]1CN(CC(=O)N2CC(C)(C)c3cnc(Cc4ccc(F)cc4)cc32)[C@@H](CN2CCOCC2)CN1C(=O)OC(C)(C)C. The molecule has 9 nitrogen and oxygen atoms in total. The Balaban J connectivity index is 1.35. The normalized spacial score (nSPS) is 22.9. The summed E-state index contributed by atoms with van der Waals surface area (Å²) in [5.41, 5.74) is 2.94. The van der Waals surface area contributed by atoms with Crippen molar-refractivity contribution in [3.63, 3.8) is 0 Å². The summed E-state index contributed by atoms with van der Waals surface area (Å²) in [5.74, 6) is -0.229. The zero-order chi connectivity index (χ0) is 30.9. The molecule has 0 saturated carbocycles. The van der Waals surface area contributed by atoms with E-state index in [0.717, 1.165) is 42.1 Å². The predicted molar refractivity (Wildman–Crippen MR) is 164 cm³/mol. The largest absolute Gasteiger partial charge is 0.444 e. The molecule has 2 amide bonds. The van der Waals surface area contributed by atoms with Crippen molar-refractivity contribution in [2.75, 3.05) is 63.9 Å². The summed E-state index contributed by atoms with van der Waals surface area (Å²) in [6.45, 7) is 17.6. The van der Waals surface area contributed by atoms with Gasteiger partial charge in [-0.25, -0.2) is 9.18 Å². The van der Waals surface area contributed by atoms with Gasteiger partial charge in [-0.3, -0.25) is 19.6 Å². The number of fused-ring (bicyclic) bond motifs is 1. The highest BCUT2D eigenvalue weighted by Gasteiger charge is 2.42. The first-order valence-corrected chi connectivity index (χ1v) is 15.4. The number of ether oxygens (including phenoxy) is 2. The Labute approximate surface area is 254 Å². The summed E-state index contributed by atoms with van der Waals surface area (Å²) < 4.78 is 24.7. The Morgan fingerprint density at radius 1 is 1.12 bits per heavy atom. The van der Waals surface area contributed by atoms with Crippen molar-refractivity contribution < 1.29 is 23.5 Å². The lowest BCUT2D eigenvalue weighted by Crippen LogP contribution is -2.63. The summed E-state index contributed by atoms with van der Waals surface area (Å²) in [6.07, 6.45) is 2.14. The van der Waals surface area contributed by atoms with Crippen molar-refractivity contribution in [1.29, 1.82) is 0 Å². The average molecular weight is 596 g/mol. The van der Waals surface area contributed by atoms with Gasteiger partial charge in [-0.15, -0.1) is 0 Å². The van der Waals surface area contributed by atoms with Crippen molar-refractivity contribution in [2.45, 2.75) is 71.1 Å². The minimum Gasteiger partial charge on any atom is -0.444 e. The third-order valence-electron chi connectivity index (χ3n) is 8.61. The number of hydrogen-bond acceptors (Lipinski definition) is 7. The topological polar surface area (TPSA) is 78.5 Å². The molecular weight excluding hydrogens is 549 g/mol. The summed E-state index contributed by atoms with van der Waals surface area (Å²) in [6, 6.07) is 8.34. The fourth-order valence-electron chi connectivity index (χ4n) is 6.32. The van der Waals surface area contributed by atoms with Gasteiger partial charge in [0.2, 0.25) is 5.91 Å². The van der Waals surface area contributed by atoms with Crippen LogP contribution in [0.1, 0.15) is 58.4 Å². The lowest BCUT2D eigenvalue weighted by molar-refractivity contribution is -0.121. The second kappa shape index (κ2) is 12.5. The van der Waals surface area contributed by atoms with Crippen molar-refractivity contribution in [2.24, 2.45) is 0 Å². The van der Waals surface area contributed by atoms with E-state index in [1.54, 1.807) is 12.1 Å². The maximum atomic E-state index is 14.1. The molecule has 10 heteroatoms. The molecule has 0 bridgehead atoms. The van der Waals surface area contributed by atoms with Crippen LogP contribution in [-0.4, -0.2) is 108 Å². The van der Waals surface area contributed by atoms with E-state index in [1.807, 2.05) is 49.8 Å². The summed E-state index contributed by atoms with van der Waals surface area (Å²) in [5, 5.41) is 0. The van der Waals surface area contributed by atoms with Gasteiger partial charge in [0.25, 0.3) is 0 Å². The first-order valence-electron chi connectivity index (χ1n) is 15.4. The summed E-state index contributed by atoms with van der Waals surface area (Å²) >= 11 is 0. The van der Waals surface area contributed by atoms with Gasteiger partial charge in [-0.2, -0.15) is 0 Å². The van der Waals surface area contributed by atoms with Crippen molar-refractivity contribution in [3.05, 3.63) is 59.2 Å². The van der Waals surface area contributed by atoms with Crippen LogP contribution < -0.4 is 4.90 Å². The fraction of sp³-hybridized carbons (Fsp3) is 0.606. The first kappa shape index (κ1) is 31.3. The zero-order valence-corrected chi connectivity index (χ0v) is 26.4. The van der Waals surface area contributed by atoms with Crippen LogP contribution in [0.15, 0.2) is 36.5 Å². The molecule has 0 radical (unpaired) electrons. The Bertz CT molecular complexity index is 1310. The maximum absolute atomic E-state index is 14.1. The molecule has 0 N–H and O–H groups in total. The van der Waals surface area contributed by atoms with E-state index in [2.05, 4.69) is 23.6 Å². The van der Waals surface area contributed by atoms with Crippen LogP contribution in [0.2, 0.25) is 0 Å². The summed E-state index contributed by atoms with van der Waals surface area (Å²) in [7, 11) is 0. The Morgan fingerprint density at radius 2 is 1.81 bits per heavy atom. The van der Waals surface area contributed by atoms with E-state index in [0.29, 0.717) is 39.3 Å². The third kappa shape index (κ3) is 7.53. The Hall–Kier alpha value is -3.08. The van der Waals surface area contributed by atoms with Gasteiger partial charge < -0.3 is 19.3 Å². The van der Waals surface area contributed by atoms with Gasteiger partial charge in [0, 0.05) is 80.6 Å². The molecule has 234 valence electrons. The third-order valence-corrected chi connectivity index (χ3v) is 8.61. The molecule has 2 fully saturated rings. The number of anilines is 1. The van der Waals surface area contributed by atoms with Crippen LogP contribution in [0, 0.1) is 5.82 Å². The molecule has 0 unspecified atom stereocenters. The number of aromatic nitrogens is 1. The minimum atomic E-state index is -0.579. The van der Waals surface area contributed by atoms with E-state index >= 15 is 0 Å². The molecule has 0 aliphatic carbocycles. The number of amides is 2. The van der Waals surface area contributed by atoms with Gasteiger partial charge in [0.1, 0.15) is 11.4 Å². The number of hydrogen-bond donors (Lipinski definition) is 0. The van der Waals surface area contributed by atoms with E-state index in [4.69, 9.17) is 14.5 Å². The lowest BCUT2D eigenvalue weighted by atomic mass is 9.88. The molecule has 4 heterocycles. The average Bonchev–Trinajstić information content (AvgIpc) is 3.21. The molecule has 43 heavy (non-hydrogen) atoms. The fourth-order valence-corrected chi connectivity index (χ4v) is 6.32. The van der Waals surface area contributed by atoms with Gasteiger partial charge in [-0.1, -0.05) is 26.0 Å². The van der Waals surface area contributed by atoms with Gasteiger partial charge in [0.15, 0.2) is 0 Å². The number of carbonyl (C=O) groups is 2. The van der Waals surface area contributed by atoms with Crippen LogP contribution in [0.5, 0.6) is 0 Å². The van der Waals surface area contributed by atoms with Crippen LogP contribution in [0.25, 0.3) is 0 Å². The number of pyridine rings is 1. The van der Waals surface area contributed by atoms with Gasteiger partial charge in [0.05, 0.1) is 25.4 Å². The number of halogens is 1. The highest BCUT2D eigenvalue weighted by atomic mass is 19.1. The zero-order valence-electron chi connectivity index (χ0n) is 26.4. The molecule has 5 rings (SSSR count). The van der Waals surface area contributed by atoms with Crippen molar-refractivity contribution in [1.82, 2.24) is 19.7 Å². The van der Waals surface area contributed by atoms with Crippen LogP contribution in [0.3, 0.4) is 0 Å². The van der Waals surface area contributed by atoms with Gasteiger partial charge >= 0.3 is 6.09 Å². The first-order chi connectivity index (χ1) is 20.3. The van der Waals surface area contributed by atoms with Gasteiger partial charge in [-0.05, 0) is 51.5 Å². The van der Waals surface area contributed by atoms with E-state index < -0.39 is 5.60 Å². The Kier molecular flexibility index (Phi) is 9.11. The van der Waals surface area contributed by atoms with E-state index in [-0.39, 0.29) is 41.9 Å². The number of nitrogens with zero attached hydrogens (tertiary/aromatic N) is 5. The number of piperazine rings is 1. The molecule has 3 aliphatic heterocycles. The van der Waals surface area contributed by atoms with Crippen molar-refractivity contribution >= 4 is 17.7 Å². The molecule has 0 spiro atoms. The monoisotopic (exact) mass is 595 g/mol. The second-order valence-corrected chi connectivity index (χ2v) is 13.8. The van der Waals surface area contributed by atoms with E-state index in [9.17, 15) is 14.0 Å². The molecule has 2 aromatic rings. The molecule has 2 atom stereocenters. The predicted octanol–water partition coefficient (Wildman–Crippen LogP) is 4.08. The number of carbonyl (C=O) groups excluding carboxylic acids is 2. The number of benzene rings is 1. The number of rotatable bonds is 6. The van der Waals surface area contributed by atoms with Crippen LogP contribution in [0.4, 0.5) is 14.9 Å². The quantitative estimate of drug-likeness (QED) is 0.498. The standard InChI is InChI=1S/C33H46FN5O4/c1-23-18-37(27(19-36-11-13-42-14-12-36)20-38(23)31(41)43-32(2,3)4)21-30(40)39-22-33(5,6)28-17-35-26(16-29(28)39)15-24-7-9-25(34)10-8-24/h7-10,16-17,23,27H,11-15,18-22H2,1-6H3/t23-,27+/m1/s1. The van der Waals surface area contributed by atoms with Crippen LogP contribution >= 0.6 is 0 Å². The molecule has 1 aromatic carbocycles. The maximum Gasteiger partial charge on any atom is 0.410 e. The number of morpholine rings is 1. The molecule has 1 aromatic heterocycles. The minimum absolute atomic E-state index is 0.0210. The van der Waals surface area contributed by atoms with E-state index in [1.165, 1.54) is 12.1 Å². The molecule has 2 saturated heterocycles. The molecule has 3 aliphatic rings. The highest BCUT2D eigenvalue weighted by Crippen LogP contribution is 2.40.